The topological polar surface area (TPSA) is 91.6 Å². The van der Waals surface area contributed by atoms with Gasteiger partial charge in [0.05, 0.1) is 11.8 Å². The Morgan fingerprint density at radius 1 is 1.35 bits per heavy atom. The van der Waals surface area contributed by atoms with Crippen LogP contribution < -0.4 is 5.32 Å². The second kappa shape index (κ2) is 8.40. The van der Waals surface area contributed by atoms with Crippen molar-refractivity contribution in [2.45, 2.75) is 24.1 Å². The molecule has 3 rings (SSSR count). The number of nitrogens with zero attached hydrogens (tertiary/aromatic N) is 4. The van der Waals surface area contributed by atoms with Gasteiger partial charge in [-0.15, -0.1) is 21.5 Å². The summed E-state index contributed by atoms with van der Waals surface area (Å²) in [6, 6.07) is 9.97. The van der Waals surface area contributed by atoms with E-state index in [1.165, 1.54) is 34.4 Å². The summed E-state index contributed by atoms with van der Waals surface area (Å²) < 4.78 is 0.682. The molecule has 0 aliphatic carbocycles. The first-order valence-corrected chi connectivity index (χ1v) is 10.4. The Bertz CT molecular complexity index is 959. The summed E-state index contributed by atoms with van der Waals surface area (Å²) in [6.07, 6.45) is 0. The predicted molar refractivity (Wildman–Crippen MR) is 105 cm³/mol. The molecule has 0 aliphatic rings. The Morgan fingerprint density at radius 3 is 2.85 bits per heavy atom. The lowest BCUT2D eigenvalue weighted by atomic mass is 10.1. The zero-order valence-electron chi connectivity index (χ0n) is 14.1. The third-order valence-corrected chi connectivity index (χ3v) is 6.49. The van der Waals surface area contributed by atoms with Gasteiger partial charge in [0.1, 0.15) is 5.01 Å². The number of thiazole rings is 1. The summed E-state index contributed by atoms with van der Waals surface area (Å²) in [5, 5.41) is 23.8. The van der Waals surface area contributed by atoms with Crippen molar-refractivity contribution in [1.82, 2.24) is 15.2 Å². The van der Waals surface area contributed by atoms with Gasteiger partial charge in [0, 0.05) is 16.8 Å². The Hall–Kier alpha value is -2.28. The molecule has 6 nitrogen and oxygen atoms in total. The average molecular weight is 402 g/mol. The zero-order chi connectivity index (χ0) is 18.5. The SMILES string of the molecule is Cc1csc([C@@H](C#N)C(=O)CSc2nnc(Nc3ccccc3C)s2)n1. The molecule has 0 unspecified atom stereocenters. The first kappa shape index (κ1) is 18.5. The molecule has 0 aliphatic heterocycles. The lowest BCUT2D eigenvalue weighted by Crippen LogP contribution is -2.13. The van der Waals surface area contributed by atoms with Crippen LogP contribution in [0.2, 0.25) is 0 Å². The second-order valence-electron chi connectivity index (χ2n) is 5.46. The van der Waals surface area contributed by atoms with E-state index < -0.39 is 5.92 Å². The fraction of sp³-hybridized carbons (Fsp3) is 0.235. The number of carbonyl (C=O) groups is 1. The summed E-state index contributed by atoms with van der Waals surface area (Å²) in [7, 11) is 0. The number of nitriles is 1. The molecule has 0 amide bonds. The molecule has 9 heteroatoms. The molecule has 3 aromatic rings. The number of benzene rings is 1. The van der Waals surface area contributed by atoms with Crippen LogP contribution in [0.25, 0.3) is 0 Å². The number of aryl methyl sites for hydroxylation is 2. The number of anilines is 2. The average Bonchev–Trinajstić information content (AvgIpc) is 3.25. The van der Waals surface area contributed by atoms with Gasteiger partial charge in [0.15, 0.2) is 16.0 Å². The highest BCUT2D eigenvalue weighted by Crippen LogP contribution is 2.30. The van der Waals surface area contributed by atoms with E-state index >= 15 is 0 Å². The van der Waals surface area contributed by atoms with Crippen LogP contribution in [0.5, 0.6) is 0 Å². The molecule has 2 aromatic heterocycles. The van der Waals surface area contributed by atoms with Crippen LogP contribution in [0.1, 0.15) is 22.2 Å². The highest BCUT2D eigenvalue weighted by atomic mass is 32.2. The van der Waals surface area contributed by atoms with E-state index in [-0.39, 0.29) is 11.5 Å². The summed E-state index contributed by atoms with van der Waals surface area (Å²) in [4.78, 5) is 16.6. The van der Waals surface area contributed by atoms with Gasteiger partial charge in [-0.1, -0.05) is 41.3 Å². The molecule has 0 radical (unpaired) electrons. The van der Waals surface area contributed by atoms with Crippen LogP contribution in [0.4, 0.5) is 10.8 Å². The smallest absolute Gasteiger partial charge is 0.210 e. The van der Waals surface area contributed by atoms with Gasteiger partial charge in [-0.2, -0.15) is 5.26 Å². The number of ketones is 1. The van der Waals surface area contributed by atoms with Gasteiger partial charge in [-0.25, -0.2) is 4.98 Å². The third kappa shape index (κ3) is 4.46. The van der Waals surface area contributed by atoms with Crippen molar-refractivity contribution in [2.24, 2.45) is 0 Å². The summed E-state index contributed by atoms with van der Waals surface area (Å²) in [6.45, 7) is 3.86. The maximum atomic E-state index is 12.4. The quantitative estimate of drug-likeness (QED) is 0.589. The second-order valence-corrected chi connectivity index (χ2v) is 8.55. The molecule has 0 saturated carbocycles. The summed E-state index contributed by atoms with van der Waals surface area (Å²) in [5.74, 6) is -0.829. The number of nitrogens with one attached hydrogen (secondary N) is 1. The molecule has 1 atom stereocenters. The first-order valence-electron chi connectivity index (χ1n) is 7.70. The highest BCUT2D eigenvalue weighted by Gasteiger charge is 2.23. The summed E-state index contributed by atoms with van der Waals surface area (Å²) >= 11 is 4.01. The molecule has 0 spiro atoms. The number of hydrogen-bond donors (Lipinski definition) is 1. The van der Waals surface area contributed by atoms with Gasteiger partial charge < -0.3 is 5.32 Å². The molecule has 2 heterocycles. The maximum Gasteiger partial charge on any atom is 0.210 e. The van der Waals surface area contributed by atoms with E-state index in [0.717, 1.165) is 16.9 Å². The van der Waals surface area contributed by atoms with Gasteiger partial charge in [-0.3, -0.25) is 4.79 Å². The van der Waals surface area contributed by atoms with Gasteiger partial charge in [-0.05, 0) is 25.5 Å². The van der Waals surface area contributed by atoms with E-state index in [4.69, 9.17) is 0 Å². The number of carbonyl (C=O) groups excluding carboxylic acids is 1. The zero-order valence-corrected chi connectivity index (χ0v) is 16.5. The largest absolute Gasteiger partial charge is 0.330 e. The van der Waals surface area contributed by atoms with Gasteiger partial charge in [0.25, 0.3) is 0 Å². The minimum atomic E-state index is -0.821. The van der Waals surface area contributed by atoms with Crippen molar-refractivity contribution in [3.63, 3.8) is 0 Å². The molecular weight excluding hydrogens is 386 g/mol. The molecule has 0 fully saturated rings. The van der Waals surface area contributed by atoms with Crippen LogP contribution in [-0.4, -0.2) is 26.7 Å². The van der Waals surface area contributed by atoms with E-state index in [9.17, 15) is 10.1 Å². The lowest BCUT2D eigenvalue weighted by molar-refractivity contribution is -0.116. The molecule has 132 valence electrons. The minimum Gasteiger partial charge on any atom is -0.330 e. The fourth-order valence-electron chi connectivity index (χ4n) is 2.13. The highest BCUT2D eigenvalue weighted by molar-refractivity contribution is 8.01. The molecule has 0 saturated heterocycles. The molecular formula is C17H15N5OS3. The fourth-order valence-corrected chi connectivity index (χ4v) is 4.66. The monoisotopic (exact) mass is 401 g/mol. The van der Waals surface area contributed by atoms with E-state index in [0.29, 0.717) is 14.5 Å². The normalized spacial score (nSPS) is 11.7. The van der Waals surface area contributed by atoms with E-state index in [1.54, 1.807) is 0 Å². The minimum absolute atomic E-state index is 0.163. The van der Waals surface area contributed by atoms with Crippen molar-refractivity contribution < 1.29 is 4.79 Å². The van der Waals surface area contributed by atoms with E-state index in [1.807, 2.05) is 43.5 Å². The third-order valence-electron chi connectivity index (χ3n) is 3.47. The molecule has 1 N–H and O–H groups in total. The van der Waals surface area contributed by atoms with Crippen molar-refractivity contribution in [3.05, 3.63) is 45.9 Å². The van der Waals surface area contributed by atoms with Crippen LogP contribution in [-0.2, 0) is 4.79 Å². The molecule has 26 heavy (non-hydrogen) atoms. The Labute approximate surface area is 163 Å². The predicted octanol–water partition coefficient (Wildman–Crippen LogP) is 4.32. The van der Waals surface area contributed by atoms with Crippen molar-refractivity contribution in [2.75, 3.05) is 11.1 Å². The number of para-hydroxylation sites is 1. The van der Waals surface area contributed by atoms with Gasteiger partial charge >= 0.3 is 0 Å². The van der Waals surface area contributed by atoms with Crippen LogP contribution >= 0.6 is 34.4 Å². The van der Waals surface area contributed by atoms with Crippen molar-refractivity contribution in [1.29, 1.82) is 5.26 Å². The molecule has 0 bridgehead atoms. The van der Waals surface area contributed by atoms with Crippen LogP contribution in [0.15, 0.2) is 34.0 Å². The van der Waals surface area contributed by atoms with Crippen LogP contribution in [0, 0.1) is 25.2 Å². The van der Waals surface area contributed by atoms with Crippen LogP contribution in [0.3, 0.4) is 0 Å². The number of Topliss-reactive ketones (excluding diaryl/α,β-unsaturated/α-hetero) is 1. The maximum absolute atomic E-state index is 12.4. The van der Waals surface area contributed by atoms with Crippen molar-refractivity contribution >= 4 is 51.0 Å². The number of thioether (sulfide) groups is 1. The standard InChI is InChI=1S/C17H15N5OS3/c1-10-5-3-4-6-13(10)20-16-21-22-17(26-16)25-9-14(23)12(7-18)15-19-11(2)8-24-15/h3-6,8,12H,9H2,1-2H3,(H,20,21)/t12-/m0/s1. The lowest BCUT2D eigenvalue weighted by Gasteiger charge is -2.04. The number of rotatable bonds is 7. The Balaban J connectivity index is 1.60. The Morgan fingerprint density at radius 2 is 2.15 bits per heavy atom. The Kier molecular flexibility index (Phi) is 5.98. The first-order chi connectivity index (χ1) is 12.6. The molecule has 1 aromatic carbocycles. The number of aromatic nitrogens is 3. The summed E-state index contributed by atoms with van der Waals surface area (Å²) in [5.41, 5.74) is 2.91. The van der Waals surface area contributed by atoms with Gasteiger partial charge in [0.2, 0.25) is 5.13 Å². The number of hydrogen-bond acceptors (Lipinski definition) is 9. The van der Waals surface area contributed by atoms with Crippen molar-refractivity contribution in [3.8, 4) is 6.07 Å². The van der Waals surface area contributed by atoms with E-state index in [2.05, 4.69) is 26.6 Å².